The van der Waals surface area contributed by atoms with Crippen LogP contribution in [0.5, 0.6) is 0 Å². The van der Waals surface area contributed by atoms with Crippen molar-refractivity contribution >= 4 is 5.91 Å². The van der Waals surface area contributed by atoms with Crippen LogP contribution in [-0.4, -0.2) is 63.8 Å². The van der Waals surface area contributed by atoms with Crippen LogP contribution in [0.4, 0.5) is 0 Å². The second kappa shape index (κ2) is 9.65. The molecule has 1 aromatic carbocycles. The van der Waals surface area contributed by atoms with Crippen LogP contribution in [0.3, 0.4) is 0 Å². The average Bonchev–Trinajstić information content (AvgIpc) is 3.24. The smallest absolute Gasteiger partial charge is 0.275 e. The number of hydrogen-bond acceptors (Lipinski definition) is 6. The fraction of sp³-hybridized carbons (Fsp3) is 0.348. The van der Waals surface area contributed by atoms with Crippen LogP contribution in [0.1, 0.15) is 27.5 Å². The third kappa shape index (κ3) is 5.31. The summed E-state index contributed by atoms with van der Waals surface area (Å²) in [6.07, 6.45) is 4.94. The Morgan fingerprint density at radius 2 is 1.70 bits per heavy atom. The first-order valence-corrected chi connectivity index (χ1v) is 10.2. The van der Waals surface area contributed by atoms with Gasteiger partial charge in [-0.3, -0.25) is 19.6 Å². The topological polar surface area (TPSA) is 65.7 Å². The van der Waals surface area contributed by atoms with Gasteiger partial charge in [0.15, 0.2) is 5.69 Å². The first-order valence-electron chi connectivity index (χ1n) is 10.2. The molecule has 0 radical (unpaired) electrons. The molecule has 0 atom stereocenters. The molecular weight excluding hydrogens is 378 g/mol. The van der Waals surface area contributed by atoms with Crippen LogP contribution >= 0.6 is 0 Å². The van der Waals surface area contributed by atoms with Crippen molar-refractivity contribution in [2.24, 2.45) is 0 Å². The number of oxazole rings is 1. The molecule has 0 saturated carbocycles. The van der Waals surface area contributed by atoms with E-state index in [4.69, 9.17) is 4.42 Å². The zero-order valence-corrected chi connectivity index (χ0v) is 17.3. The lowest BCUT2D eigenvalue weighted by Crippen LogP contribution is -2.45. The predicted molar refractivity (Wildman–Crippen MR) is 114 cm³/mol. The summed E-state index contributed by atoms with van der Waals surface area (Å²) in [7, 11) is 1.76. The summed E-state index contributed by atoms with van der Waals surface area (Å²) >= 11 is 0. The molecule has 0 bridgehead atoms. The molecule has 7 nitrogen and oxygen atoms in total. The largest absolute Gasteiger partial charge is 0.447 e. The lowest BCUT2D eigenvalue weighted by Gasteiger charge is -2.34. The Morgan fingerprint density at radius 3 is 2.40 bits per heavy atom. The highest BCUT2D eigenvalue weighted by molar-refractivity contribution is 5.91. The minimum absolute atomic E-state index is 0.151. The van der Waals surface area contributed by atoms with E-state index in [1.807, 2.05) is 18.2 Å². The van der Waals surface area contributed by atoms with Crippen LogP contribution < -0.4 is 0 Å². The van der Waals surface area contributed by atoms with Crippen LogP contribution in [-0.2, 0) is 19.6 Å². The Morgan fingerprint density at radius 1 is 1.00 bits per heavy atom. The molecule has 1 fully saturated rings. The summed E-state index contributed by atoms with van der Waals surface area (Å²) in [4.78, 5) is 27.6. The first-order chi connectivity index (χ1) is 14.7. The molecule has 7 heteroatoms. The predicted octanol–water partition coefficient (Wildman–Crippen LogP) is 2.66. The molecule has 3 heterocycles. The molecule has 4 rings (SSSR count). The van der Waals surface area contributed by atoms with E-state index in [-0.39, 0.29) is 5.91 Å². The second-order valence-corrected chi connectivity index (χ2v) is 7.69. The number of benzene rings is 1. The molecule has 1 aliphatic rings. The molecule has 1 amide bonds. The third-order valence-electron chi connectivity index (χ3n) is 5.33. The van der Waals surface area contributed by atoms with Crippen molar-refractivity contribution in [3.63, 3.8) is 0 Å². The molecule has 156 valence electrons. The highest BCUT2D eigenvalue weighted by Crippen LogP contribution is 2.13. The zero-order chi connectivity index (χ0) is 20.8. The fourth-order valence-corrected chi connectivity index (χ4v) is 3.65. The Kier molecular flexibility index (Phi) is 6.51. The van der Waals surface area contributed by atoms with E-state index in [2.05, 4.69) is 44.0 Å². The number of carbonyl (C=O) groups is 1. The highest BCUT2D eigenvalue weighted by atomic mass is 16.3. The van der Waals surface area contributed by atoms with E-state index >= 15 is 0 Å². The van der Waals surface area contributed by atoms with Gasteiger partial charge in [-0.1, -0.05) is 36.4 Å². The third-order valence-corrected chi connectivity index (χ3v) is 5.33. The molecule has 0 unspecified atom stereocenters. The fourth-order valence-electron chi connectivity index (χ4n) is 3.65. The van der Waals surface area contributed by atoms with E-state index in [9.17, 15) is 4.79 Å². The van der Waals surface area contributed by atoms with Crippen LogP contribution in [0.2, 0.25) is 0 Å². The van der Waals surface area contributed by atoms with Gasteiger partial charge in [0.1, 0.15) is 6.26 Å². The minimum atomic E-state index is -0.151. The maximum absolute atomic E-state index is 12.6. The van der Waals surface area contributed by atoms with Crippen molar-refractivity contribution < 1.29 is 9.21 Å². The van der Waals surface area contributed by atoms with E-state index in [0.717, 1.165) is 38.3 Å². The second-order valence-electron chi connectivity index (χ2n) is 7.69. The number of nitrogens with zero attached hydrogens (tertiary/aromatic N) is 5. The lowest BCUT2D eigenvalue weighted by molar-refractivity contribution is 0.0779. The van der Waals surface area contributed by atoms with Gasteiger partial charge < -0.3 is 9.32 Å². The summed E-state index contributed by atoms with van der Waals surface area (Å²) in [5.74, 6) is 0.436. The Hall–Kier alpha value is -3.03. The van der Waals surface area contributed by atoms with Gasteiger partial charge in [0.05, 0.1) is 6.54 Å². The molecular formula is C23H27N5O2. The van der Waals surface area contributed by atoms with Crippen molar-refractivity contribution in [2.45, 2.75) is 19.6 Å². The van der Waals surface area contributed by atoms with Crippen LogP contribution in [0.25, 0.3) is 0 Å². The average molecular weight is 406 g/mol. The zero-order valence-electron chi connectivity index (χ0n) is 17.3. The Bertz CT molecular complexity index is 936. The van der Waals surface area contributed by atoms with E-state index in [1.165, 1.54) is 11.8 Å². The number of amides is 1. The van der Waals surface area contributed by atoms with Gasteiger partial charge >= 0.3 is 0 Å². The molecule has 0 aliphatic carbocycles. The van der Waals surface area contributed by atoms with Crippen LogP contribution in [0.15, 0.2) is 65.5 Å². The summed E-state index contributed by atoms with van der Waals surface area (Å²) < 4.78 is 5.59. The maximum Gasteiger partial charge on any atom is 0.275 e. The number of carbonyl (C=O) groups excluding carboxylic acids is 1. The van der Waals surface area contributed by atoms with E-state index in [0.29, 0.717) is 24.7 Å². The van der Waals surface area contributed by atoms with Gasteiger partial charge in [-0.05, 0) is 17.2 Å². The van der Waals surface area contributed by atoms with E-state index in [1.54, 1.807) is 24.3 Å². The SMILES string of the molecule is CN(Cc1cccnc1)C(=O)c1coc(CN2CCN(Cc3ccccc3)CC2)n1. The molecule has 3 aromatic rings. The molecule has 1 saturated heterocycles. The summed E-state index contributed by atoms with van der Waals surface area (Å²) in [5.41, 5.74) is 2.67. The number of rotatable bonds is 7. The van der Waals surface area contributed by atoms with E-state index < -0.39 is 0 Å². The number of aromatic nitrogens is 2. The van der Waals surface area contributed by atoms with Gasteiger partial charge in [-0.2, -0.15) is 0 Å². The van der Waals surface area contributed by atoms with Crippen molar-refractivity contribution in [1.82, 2.24) is 24.7 Å². The number of pyridine rings is 1. The minimum Gasteiger partial charge on any atom is -0.447 e. The normalized spacial score (nSPS) is 15.2. The standard InChI is InChI=1S/C23H27N5O2/c1-26(15-20-8-5-9-24-14-20)23(29)21-18-30-22(25-21)17-28-12-10-27(11-13-28)16-19-6-3-2-4-7-19/h2-9,14,18H,10-13,15-17H2,1H3. The van der Waals surface area contributed by atoms with Crippen molar-refractivity contribution in [2.75, 3.05) is 33.2 Å². The lowest BCUT2D eigenvalue weighted by atomic mass is 10.2. The van der Waals surface area contributed by atoms with Gasteiger partial charge in [0.2, 0.25) is 5.89 Å². The monoisotopic (exact) mass is 405 g/mol. The molecule has 0 N–H and O–H groups in total. The highest BCUT2D eigenvalue weighted by Gasteiger charge is 2.21. The quantitative estimate of drug-likeness (QED) is 0.602. The number of hydrogen-bond donors (Lipinski definition) is 0. The molecule has 1 aliphatic heterocycles. The maximum atomic E-state index is 12.6. The molecule has 30 heavy (non-hydrogen) atoms. The van der Waals surface area contributed by atoms with Gasteiger partial charge in [0, 0.05) is 58.7 Å². The summed E-state index contributed by atoms with van der Waals surface area (Å²) in [6.45, 7) is 6.02. The summed E-state index contributed by atoms with van der Waals surface area (Å²) in [6, 6.07) is 14.4. The van der Waals surface area contributed by atoms with Crippen molar-refractivity contribution in [3.05, 3.63) is 83.8 Å². The molecule has 0 spiro atoms. The van der Waals surface area contributed by atoms with Gasteiger partial charge in [0.25, 0.3) is 5.91 Å². The number of piperazine rings is 1. The first kappa shape index (κ1) is 20.3. The van der Waals surface area contributed by atoms with Crippen LogP contribution in [0, 0.1) is 0 Å². The molecule has 2 aromatic heterocycles. The van der Waals surface area contributed by atoms with Crippen molar-refractivity contribution in [1.29, 1.82) is 0 Å². The summed E-state index contributed by atoms with van der Waals surface area (Å²) in [5, 5.41) is 0. The van der Waals surface area contributed by atoms with Gasteiger partial charge in [-0.15, -0.1) is 0 Å². The van der Waals surface area contributed by atoms with Gasteiger partial charge in [-0.25, -0.2) is 4.98 Å². The van der Waals surface area contributed by atoms with Crippen molar-refractivity contribution in [3.8, 4) is 0 Å². The Balaban J connectivity index is 1.26. The Labute approximate surface area is 176 Å².